The lowest BCUT2D eigenvalue weighted by molar-refractivity contribution is -0.151. The van der Waals surface area contributed by atoms with Crippen molar-refractivity contribution in [2.75, 3.05) is 6.61 Å². The lowest BCUT2D eigenvalue weighted by Gasteiger charge is -2.07. The van der Waals surface area contributed by atoms with Crippen molar-refractivity contribution in [3.63, 3.8) is 0 Å². The van der Waals surface area contributed by atoms with Crippen molar-refractivity contribution in [3.05, 3.63) is 48.0 Å². The van der Waals surface area contributed by atoms with Crippen LogP contribution in [-0.2, 0) is 14.3 Å². The van der Waals surface area contributed by atoms with E-state index >= 15 is 0 Å². The first-order chi connectivity index (χ1) is 10.5. The number of hydrogen-bond acceptors (Lipinski definition) is 5. The minimum absolute atomic E-state index is 0.0447. The van der Waals surface area contributed by atoms with Gasteiger partial charge in [0.05, 0.1) is 6.10 Å². The first kappa shape index (κ1) is 15.8. The van der Waals surface area contributed by atoms with Gasteiger partial charge in [0.25, 0.3) is 0 Å². The quantitative estimate of drug-likeness (QED) is 0.794. The summed E-state index contributed by atoms with van der Waals surface area (Å²) in [6.45, 7) is 2.91. The summed E-state index contributed by atoms with van der Waals surface area (Å²) < 4.78 is 27.8. The maximum Gasteiger partial charge on any atom is 0.374 e. The first-order valence-electron chi connectivity index (χ1n) is 6.68. The van der Waals surface area contributed by atoms with Gasteiger partial charge in [-0.1, -0.05) is 0 Å². The number of rotatable bonds is 5. The van der Waals surface area contributed by atoms with E-state index in [1.54, 1.807) is 19.9 Å². The predicted molar refractivity (Wildman–Crippen MR) is 75.6 cm³/mol. The second-order valence-corrected chi connectivity index (χ2v) is 4.79. The van der Waals surface area contributed by atoms with Gasteiger partial charge in [-0.05, 0) is 50.2 Å². The average molecular weight is 306 g/mol. The van der Waals surface area contributed by atoms with Gasteiger partial charge in [0.2, 0.25) is 5.76 Å². The van der Waals surface area contributed by atoms with E-state index in [1.165, 1.54) is 30.3 Å². The van der Waals surface area contributed by atoms with E-state index in [1.807, 2.05) is 0 Å². The SMILES string of the molecule is CC(C)OC(=O)COC(=O)c1ccc(-c2ccc(F)cc2)o1. The van der Waals surface area contributed by atoms with Crippen LogP contribution in [0.2, 0.25) is 0 Å². The highest BCUT2D eigenvalue weighted by molar-refractivity contribution is 5.88. The molecule has 0 N–H and O–H groups in total. The summed E-state index contributed by atoms with van der Waals surface area (Å²) in [4.78, 5) is 23.0. The maximum atomic E-state index is 12.9. The van der Waals surface area contributed by atoms with Gasteiger partial charge in [0, 0.05) is 5.56 Å². The van der Waals surface area contributed by atoms with E-state index in [2.05, 4.69) is 0 Å². The molecule has 0 aliphatic carbocycles. The lowest BCUT2D eigenvalue weighted by Crippen LogP contribution is -2.19. The van der Waals surface area contributed by atoms with Gasteiger partial charge in [-0.2, -0.15) is 0 Å². The fourth-order valence-electron chi connectivity index (χ4n) is 1.71. The Hall–Kier alpha value is -2.63. The highest BCUT2D eigenvalue weighted by atomic mass is 19.1. The number of esters is 2. The summed E-state index contributed by atoms with van der Waals surface area (Å²) in [7, 11) is 0. The number of furan rings is 1. The molecule has 0 radical (unpaired) electrons. The molecule has 0 atom stereocenters. The van der Waals surface area contributed by atoms with Gasteiger partial charge in [-0.25, -0.2) is 14.0 Å². The molecule has 22 heavy (non-hydrogen) atoms. The standard InChI is InChI=1S/C16H15FO5/c1-10(2)21-15(18)9-20-16(19)14-8-7-13(22-14)11-3-5-12(17)6-4-11/h3-8,10H,9H2,1-2H3. The Bertz CT molecular complexity index is 657. The number of carbonyl (C=O) groups excluding carboxylic acids is 2. The topological polar surface area (TPSA) is 65.7 Å². The molecule has 0 aliphatic heterocycles. The van der Waals surface area contributed by atoms with Crippen molar-refractivity contribution in [2.45, 2.75) is 20.0 Å². The van der Waals surface area contributed by atoms with Crippen LogP contribution in [0.5, 0.6) is 0 Å². The van der Waals surface area contributed by atoms with Crippen LogP contribution in [0, 0.1) is 5.82 Å². The highest BCUT2D eigenvalue weighted by Gasteiger charge is 2.16. The predicted octanol–water partition coefficient (Wildman–Crippen LogP) is 3.19. The number of benzene rings is 1. The van der Waals surface area contributed by atoms with Crippen LogP contribution in [0.3, 0.4) is 0 Å². The average Bonchev–Trinajstić information content (AvgIpc) is 2.94. The summed E-state index contributed by atoms with van der Waals surface area (Å²) in [5.41, 5.74) is 0.625. The largest absolute Gasteiger partial charge is 0.460 e. The zero-order chi connectivity index (χ0) is 16.1. The monoisotopic (exact) mass is 306 g/mol. The lowest BCUT2D eigenvalue weighted by atomic mass is 10.2. The maximum absolute atomic E-state index is 12.9. The van der Waals surface area contributed by atoms with Crippen molar-refractivity contribution in [2.24, 2.45) is 0 Å². The molecule has 2 rings (SSSR count). The van der Waals surface area contributed by atoms with Crippen molar-refractivity contribution in [1.82, 2.24) is 0 Å². The molecule has 0 spiro atoms. The molecule has 6 heteroatoms. The Morgan fingerprint density at radius 2 is 1.82 bits per heavy atom. The molecule has 0 amide bonds. The molecule has 0 saturated carbocycles. The highest BCUT2D eigenvalue weighted by Crippen LogP contribution is 2.22. The summed E-state index contributed by atoms with van der Waals surface area (Å²) >= 11 is 0. The Kier molecular flexibility index (Phi) is 4.93. The van der Waals surface area contributed by atoms with E-state index < -0.39 is 18.5 Å². The van der Waals surface area contributed by atoms with Crippen LogP contribution >= 0.6 is 0 Å². The summed E-state index contributed by atoms with van der Waals surface area (Å²) in [6, 6.07) is 8.63. The Labute approximate surface area is 126 Å². The van der Waals surface area contributed by atoms with Gasteiger partial charge in [-0.15, -0.1) is 0 Å². The van der Waals surface area contributed by atoms with E-state index in [9.17, 15) is 14.0 Å². The third kappa shape index (κ3) is 4.18. The van der Waals surface area contributed by atoms with Gasteiger partial charge in [0.1, 0.15) is 11.6 Å². The van der Waals surface area contributed by atoms with Crippen molar-refractivity contribution in [3.8, 4) is 11.3 Å². The molecule has 5 nitrogen and oxygen atoms in total. The van der Waals surface area contributed by atoms with Gasteiger partial charge in [-0.3, -0.25) is 0 Å². The fourth-order valence-corrected chi connectivity index (χ4v) is 1.71. The minimum atomic E-state index is -0.769. The van der Waals surface area contributed by atoms with Crippen molar-refractivity contribution in [1.29, 1.82) is 0 Å². The molecule has 2 aromatic rings. The molecular weight excluding hydrogens is 291 g/mol. The van der Waals surface area contributed by atoms with E-state index in [0.717, 1.165) is 0 Å². The Balaban J connectivity index is 1.97. The van der Waals surface area contributed by atoms with E-state index in [4.69, 9.17) is 13.9 Å². The number of carbonyl (C=O) groups is 2. The van der Waals surface area contributed by atoms with Crippen LogP contribution in [0.15, 0.2) is 40.8 Å². The van der Waals surface area contributed by atoms with Crippen molar-refractivity contribution < 1.29 is 27.9 Å². The minimum Gasteiger partial charge on any atom is -0.460 e. The molecule has 0 fully saturated rings. The molecule has 0 bridgehead atoms. The summed E-state index contributed by atoms with van der Waals surface area (Å²) in [6.07, 6.45) is -0.278. The number of hydrogen-bond donors (Lipinski definition) is 0. The fraction of sp³-hybridized carbons (Fsp3) is 0.250. The second-order valence-electron chi connectivity index (χ2n) is 4.79. The molecule has 1 aromatic heterocycles. The third-order valence-corrected chi connectivity index (χ3v) is 2.62. The van der Waals surface area contributed by atoms with Crippen LogP contribution in [0.1, 0.15) is 24.4 Å². The normalized spacial score (nSPS) is 10.5. The Morgan fingerprint density at radius 1 is 1.14 bits per heavy atom. The van der Waals surface area contributed by atoms with Gasteiger partial charge < -0.3 is 13.9 Å². The van der Waals surface area contributed by atoms with Crippen LogP contribution in [0.4, 0.5) is 4.39 Å². The molecule has 116 valence electrons. The molecule has 0 unspecified atom stereocenters. The van der Waals surface area contributed by atoms with Crippen molar-refractivity contribution >= 4 is 11.9 Å². The second kappa shape index (κ2) is 6.89. The number of ether oxygens (including phenoxy) is 2. The van der Waals surface area contributed by atoms with Crippen LogP contribution < -0.4 is 0 Å². The molecule has 0 saturated heterocycles. The molecule has 1 aromatic carbocycles. The van der Waals surface area contributed by atoms with Gasteiger partial charge in [0.15, 0.2) is 6.61 Å². The number of halogens is 1. The molecule has 1 heterocycles. The van der Waals surface area contributed by atoms with Crippen LogP contribution in [-0.4, -0.2) is 24.6 Å². The zero-order valence-electron chi connectivity index (χ0n) is 12.2. The van der Waals surface area contributed by atoms with E-state index in [-0.39, 0.29) is 17.7 Å². The smallest absolute Gasteiger partial charge is 0.374 e. The molecular formula is C16H15FO5. The summed E-state index contributed by atoms with van der Waals surface area (Å²) in [5.74, 6) is -1.41. The summed E-state index contributed by atoms with van der Waals surface area (Å²) in [5, 5.41) is 0. The van der Waals surface area contributed by atoms with E-state index in [0.29, 0.717) is 11.3 Å². The molecule has 0 aliphatic rings. The zero-order valence-corrected chi connectivity index (χ0v) is 12.2. The Morgan fingerprint density at radius 3 is 2.45 bits per heavy atom. The third-order valence-electron chi connectivity index (χ3n) is 2.62. The van der Waals surface area contributed by atoms with Gasteiger partial charge >= 0.3 is 11.9 Å². The first-order valence-corrected chi connectivity index (χ1v) is 6.68. The van der Waals surface area contributed by atoms with Crippen LogP contribution in [0.25, 0.3) is 11.3 Å².